The number of hydrogen-bond acceptors (Lipinski definition) is 4. The van der Waals surface area contributed by atoms with E-state index in [1.54, 1.807) is 4.90 Å². The molecular weight excluding hydrogens is 330 g/mol. The van der Waals surface area contributed by atoms with E-state index in [4.69, 9.17) is 5.73 Å². The van der Waals surface area contributed by atoms with Crippen LogP contribution in [0.2, 0.25) is 0 Å². The number of benzene rings is 1. The number of rotatable bonds is 8. The summed E-state index contributed by atoms with van der Waals surface area (Å²) in [7, 11) is 1.88. The van der Waals surface area contributed by atoms with Gasteiger partial charge in [0.15, 0.2) is 0 Å². The van der Waals surface area contributed by atoms with Crippen LogP contribution in [0.15, 0.2) is 24.3 Å². The molecule has 1 aromatic rings. The van der Waals surface area contributed by atoms with Gasteiger partial charge >= 0.3 is 0 Å². The van der Waals surface area contributed by atoms with Crippen molar-refractivity contribution in [3.63, 3.8) is 0 Å². The summed E-state index contributed by atoms with van der Waals surface area (Å²) < 4.78 is 0. The number of primary amides is 1. The fourth-order valence-electron chi connectivity index (χ4n) is 3.68. The molecule has 0 saturated carbocycles. The first-order valence-corrected chi connectivity index (χ1v) is 9.47. The average Bonchev–Trinajstić information content (AvgIpc) is 2.66. The van der Waals surface area contributed by atoms with Crippen LogP contribution in [0.4, 0.5) is 0 Å². The van der Waals surface area contributed by atoms with Crippen molar-refractivity contribution in [1.29, 1.82) is 0 Å². The van der Waals surface area contributed by atoms with E-state index in [0.717, 1.165) is 31.4 Å². The number of carbonyl (C=O) groups is 2. The monoisotopic (exact) mass is 361 g/mol. The van der Waals surface area contributed by atoms with Crippen LogP contribution in [0, 0.1) is 5.92 Å². The number of amides is 2. The molecule has 2 unspecified atom stereocenters. The van der Waals surface area contributed by atoms with Crippen LogP contribution in [0.3, 0.4) is 0 Å². The van der Waals surface area contributed by atoms with Crippen molar-refractivity contribution in [2.45, 2.75) is 51.2 Å². The lowest BCUT2D eigenvalue weighted by Crippen LogP contribution is -2.56. The Kier molecular flexibility index (Phi) is 7.17. The summed E-state index contributed by atoms with van der Waals surface area (Å²) in [6.45, 7) is 3.76. The number of carbonyl (C=O) groups excluding carboxylic acids is 2. The molecule has 1 fully saturated rings. The predicted octanol–water partition coefficient (Wildman–Crippen LogP) is 1.66. The van der Waals surface area contributed by atoms with Crippen molar-refractivity contribution in [1.82, 2.24) is 10.2 Å². The summed E-state index contributed by atoms with van der Waals surface area (Å²) in [6, 6.07) is 7.53. The molecule has 0 aromatic heterocycles. The molecule has 2 rings (SSSR count). The van der Waals surface area contributed by atoms with E-state index in [2.05, 4.69) is 5.32 Å². The summed E-state index contributed by atoms with van der Waals surface area (Å²) in [5, 5.41) is 14.0. The first-order chi connectivity index (χ1) is 12.4. The van der Waals surface area contributed by atoms with Crippen LogP contribution in [-0.4, -0.2) is 47.6 Å². The molecule has 0 radical (unpaired) electrons. The molecule has 144 valence electrons. The van der Waals surface area contributed by atoms with Crippen LogP contribution in [0.1, 0.15) is 54.9 Å². The Morgan fingerprint density at radius 2 is 2.04 bits per heavy atom. The fraction of sp³-hybridized carbons (Fsp3) is 0.600. The maximum absolute atomic E-state index is 12.8. The Bertz CT molecular complexity index is 617. The van der Waals surface area contributed by atoms with Crippen molar-refractivity contribution in [2.24, 2.45) is 11.7 Å². The van der Waals surface area contributed by atoms with E-state index in [1.165, 1.54) is 0 Å². The van der Waals surface area contributed by atoms with Crippen molar-refractivity contribution >= 4 is 11.8 Å². The minimum atomic E-state index is -1.54. The van der Waals surface area contributed by atoms with E-state index >= 15 is 0 Å². The molecule has 1 saturated heterocycles. The third kappa shape index (κ3) is 4.62. The third-order valence-corrected chi connectivity index (χ3v) is 5.30. The van der Waals surface area contributed by atoms with Crippen LogP contribution < -0.4 is 11.1 Å². The molecular formula is C20H31N3O3. The number of hydrogen-bond donors (Lipinski definition) is 3. The van der Waals surface area contributed by atoms with Crippen molar-refractivity contribution in [3.05, 3.63) is 35.4 Å². The van der Waals surface area contributed by atoms with Gasteiger partial charge in [0.25, 0.3) is 5.91 Å². The third-order valence-electron chi connectivity index (χ3n) is 5.30. The van der Waals surface area contributed by atoms with Gasteiger partial charge in [-0.3, -0.25) is 9.59 Å². The van der Waals surface area contributed by atoms with E-state index in [1.807, 2.05) is 38.2 Å². The van der Waals surface area contributed by atoms with Gasteiger partial charge in [0, 0.05) is 31.1 Å². The first-order valence-electron chi connectivity index (χ1n) is 9.47. The molecule has 2 atom stereocenters. The van der Waals surface area contributed by atoms with Gasteiger partial charge in [0.1, 0.15) is 5.60 Å². The lowest BCUT2D eigenvalue weighted by molar-refractivity contribution is -0.146. The second kappa shape index (κ2) is 9.14. The summed E-state index contributed by atoms with van der Waals surface area (Å²) in [5.41, 5.74) is 5.73. The molecule has 1 aromatic carbocycles. The average molecular weight is 361 g/mol. The molecule has 0 spiro atoms. The minimum absolute atomic E-state index is 0.0620. The highest BCUT2D eigenvalue weighted by molar-refractivity contribution is 5.94. The SMILES string of the molecule is CCCCC(O)(C(N)=O)C1CCCN(C(=O)c2ccc(CNC)cc2)C1. The minimum Gasteiger partial charge on any atom is -0.380 e. The summed E-state index contributed by atoms with van der Waals surface area (Å²) in [5.74, 6) is -1.05. The summed E-state index contributed by atoms with van der Waals surface area (Å²) in [6.07, 6.45) is 3.43. The van der Waals surface area contributed by atoms with Gasteiger partial charge in [0.05, 0.1) is 0 Å². The van der Waals surface area contributed by atoms with E-state index in [0.29, 0.717) is 31.5 Å². The maximum atomic E-state index is 12.8. The number of nitrogens with zero attached hydrogens (tertiary/aromatic N) is 1. The number of nitrogens with one attached hydrogen (secondary N) is 1. The van der Waals surface area contributed by atoms with Crippen LogP contribution in [-0.2, 0) is 11.3 Å². The zero-order valence-corrected chi connectivity index (χ0v) is 15.8. The Morgan fingerprint density at radius 3 is 2.62 bits per heavy atom. The number of nitrogens with two attached hydrogens (primary N) is 1. The van der Waals surface area contributed by atoms with E-state index in [-0.39, 0.29) is 11.8 Å². The number of piperidine rings is 1. The van der Waals surface area contributed by atoms with E-state index in [9.17, 15) is 14.7 Å². The van der Waals surface area contributed by atoms with Gasteiger partial charge in [-0.25, -0.2) is 0 Å². The largest absolute Gasteiger partial charge is 0.380 e. The fourth-order valence-corrected chi connectivity index (χ4v) is 3.68. The van der Waals surface area contributed by atoms with Crippen LogP contribution >= 0.6 is 0 Å². The summed E-state index contributed by atoms with van der Waals surface area (Å²) >= 11 is 0. The van der Waals surface area contributed by atoms with E-state index < -0.39 is 11.5 Å². The Labute approximate surface area is 155 Å². The zero-order chi connectivity index (χ0) is 19.2. The highest BCUT2D eigenvalue weighted by Crippen LogP contribution is 2.32. The van der Waals surface area contributed by atoms with Crippen molar-refractivity contribution < 1.29 is 14.7 Å². The predicted molar refractivity (Wildman–Crippen MR) is 102 cm³/mol. The Hall–Kier alpha value is -1.92. The topological polar surface area (TPSA) is 95.7 Å². The Balaban J connectivity index is 2.10. The molecule has 1 aliphatic heterocycles. The lowest BCUT2D eigenvalue weighted by atomic mass is 9.77. The standard InChI is InChI=1S/C20H31N3O3/c1-3-4-11-20(26,19(21)25)17-6-5-12-23(14-17)18(24)16-9-7-15(8-10-16)13-22-2/h7-10,17,22,26H,3-6,11-14H2,1-2H3,(H2,21,25). The number of unbranched alkanes of at least 4 members (excludes halogenated alkanes) is 1. The van der Waals surface area contributed by atoms with Gasteiger partial charge in [-0.15, -0.1) is 0 Å². The molecule has 4 N–H and O–H groups in total. The van der Waals surface area contributed by atoms with Crippen molar-refractivity contribution in [3.8, 4) is 0 Å². The highest BCUT2D eigenvalue weighted by Gasteiger charge is 2.44. The van der Waals surface area contributed by atoms with Gasteiger partial charge in [-0.05, 0) is 44.0 Å². The lowest BCUT2D eigenvalue weighted by Gasteiger charge is -2.40. The molecule has 1 heterocycles. The molecule has 0 aliphatic carbocycles. The number of aliphatic hydroxyl groups is 1. The normalized spacial score (nSPS) is 19.8. The Morgan fingerprint density at radius 1 is 1.35 bits per heavy atom. The van der Waals surface area contributed by atoms with Gasteiger partial charge in [-0.2, -0.15) is 0 Å². The second-order valence-electron chi connectivity index (χ2n) is 7.21. The molecule has 6 heteroatoms. The zero-order valence-electron chi connectivity index (χ0n) is 15.8. The molecule has 26 heavy (non-hydrogen) atoms. The molecule has 0 bridgehead atoms. The van der Waals surface area contributed by atoms with Gasteiger partial charge in [-0.1, -0.05) is 31.9 Å². The quantitative estimate of drug-likeness (QED) is 0.656. The summed E-state index contributed by atoms with van der Waals surface area (Å²) in [4.78, 5) is 26.5. The molecule has 6 nitrogen and oxygen atoms in total. The maximum Gasteiger partial charge on any atom is 0.253 e. The number of likely N-dealkylation sites (tertiary alicyclic amines) is 1. The smallest absolute Gasteiger partial charge is 0.253 e. The van der Waals surface area contributed by atoms with Crippen molar-refractivity contribution in [2.75, 3.05) is 20.1 Å². The van der Waals surface area contributed by atoms with Crippen LogP contribution in [0.25, 0.3) is 0 Å². The molecule has 2 amide bonds. The molecule has 1 aliphatic rings. The van der Waals surface area contributed by atoms with Crippen LogP contribution in [0.5, 0.6) is 0 Å². The van der Waals surface area contributed by atoms with Gasteiger partial charge < -0.3 is 21.1 Å². The van der Waals surface area contributed by atoms with Gasteiger partial charge in [0.2, 0.25) is 5.91 Å². The first kappa shape index (κ1) is 20.4. The second-order valence-corrected chi connectivity index (χ2v) is 7.21. The highest BCUT2D eigenvalue weighted by atomic mass is 16.3.